The molecule has 0 heterocycles. The van der Waals surface area contributed by atoms with E-state index in [4.69, 9.17) is 0 Å². The largest absolute Gasteiger partial charge is 0.0914 e. The molecule has 0 amide bonds. The predicted octanol–water partition coefficient (Wildman–Crippen LogP) is 4.35. The Hall–Kier alpha value is -1.22. The van der Waals surface area contributed by atoms with E-state index in [2.05, 4.69) is 56.9 Å². The zero-order valence-corrected chi connectivity index (χ0v) is 10.5. The summed E-state index contributed by atoms with van der Waals surface area (Å²) in [5.74, 6) is 7.34. The minimum absolute atomic E-state index is 0.299. The van der Waals surface area contributed by atoms with Crippen LogP contribution in [0.4, 0.5) is 0 Å². The highest BCUT2D eigenvalue weighted by Gasteiger charge is 2.29. The van der Waals surface area contributed by atoms with Gasteiger partial charge >= 0.3 is 0 Å². The van der Waals surface area contributed by atoms with Gasteiger partial charge in [-0.05, 0) is 43.4 Å². The first-order valence-electron chi connectivity index (χ1n) is 6.22. The Morgan fingerprint density at radius 3 is 2.56 bits per heavy atom. The Balaban J connectivity index is 2.18. The molecule has 2 rings (SSSR count). The van der Waals surface area contributed by atoms with Crippen LogP contribution in [0.5, 0.6) is 0 Å². The molecule has 1 fully saturated rings. The molecule has 0 saturated heterocycles. The zero-order chi connectivity index (χ0) is 11.6. The summed E-state index contributed by atoms with van der Waals surface area (Å²) in [5, 5.41) is 0. The third kappa shape index (κ3) is 2.47. The highest BCUT2D eigenvalue weighted by atomic mass is 14.3. The van der Waals surface area contributed by atoms with Gasteiger partial charge in [-0.3, -0.25) is 0 Å². The van der Waals surface area contributed by atoms with Crippen molar-refractivity contribution in [2.24, 2.45) is 5.41 Å². The van der Waals surface area contributed by atoms with Crippen molar-refractivity contribution in [3.63, 3.8) is 0 Å². The molecule has 0 heteroatoms. The van der Waals surface area contributed by atoms with Crippen molar-refractivity contribution in [3.05, 3.63) is 35.4 Å². The summed E-state index contributed by atoms with van der Waals surface area (Å²) in [4.78, 5) is 0. The highest BCUT2D eigenvalue weighted by molar-refractivity contribution is 5.39. The molecule has 0 nitrogen and oxygen atoms in total. The van der Waals surface area contributed by atoms with Crippen molar-refractivity contribution in [1.29, 1.82) is 0 Å². The molecule has 0 spiro atoms. The van der Waals surface area contributed by atoms with Gasteiger partial charge in [-0.15, -0.1) is 0 Å². The molecule has 0 atom stereocenters. The van der Waals surface area contributed by atoms with Gasteiger partial charge in [0.25, 0.3) is 0 Å². The fraction of sp³-hybridized carbons (Fsp3) is 0.500. The number of hydrogen-bond donors (Lipinski definition) is 0. The average molecular weight is 212 g/mol. The quantitative estimate of drug-likeness (QED) is 0.607. The summed E-state index contributed by atoms with van der Waals surface area (Å²) in [5.41, 5.74) is 2.85. The van der Waals surface area contributed by atoms with E-state index >= 15 is 0 Å². The molecule has 1 aliphatic carbocycles. The number of benzene rings is 1. The predicted molar refractivity (Wildman–Crippen MR) is 69.4 cm³/mol. The molecule has 16 heavy (non-hydrogen) atoms. The van der Waals surface area contributed by atoms with Gasteiger partial charge in [0.1, 0.15) is 0 Å². The molecule has 1 aromatic carbocycles. The second-order valence-electron chi connectivity index (χ2n) is 5.44. The van der Waals surface area contributed by atoms with Gasteiger partial charge < -0.3 is 0 Å². The Kier molecular flexibility index (Phi) is 3.06. The summed E-state index contributed by atoms with van der Waals surface area (Å²) in [7, 11) is 0. The minimum atomic E-state index is 0.299. The van der Waals surface area contributed by atoms with E-state index in [-0.39, 0.29) is 0 Å². The van der Waals surface area contributed by atoms with E-state index in [1.165, 1.54) is 30.4 Å². The van der Waals surface area contributed by atoms with Crippen molar-refractivity contribution in [3.8, 4) is 11.8 Å². The second-order valence-corrected chi connectivity index (χ2v) is 5.44. The van der Waals surface area contributed by atoms with Crippen LogP contribution < -0.4 is 0 Å². The standard InChI is InChI=1S/C16H20/c1-13(2)15-7-4-6-14(12-15)8-11-16(3)9-5-10-16/h4,6-7,12-13H,5,9-10H2,1-3H3. The Morgan fingerprint density at radius 1 is 1.25 bits per heavy atom. The maximum Gasteiger partial charge on any atom is 0.0290 e. The lowest BCUT2D eigenvalue weighted by Gasteiger charge is -2.32. The maximum atomic E-state index is 3.43. The van der Waals surface area contributed by atoms with E-state index in [0.717, 1.165) is 0 Å². The summed E-state index contributed by atoms with van der Waals surface area (Å²) >= 11 is 0. The molecule has 0 aromatic heterocycles. The van der Waals surface area contributed by atoms with Crippen LogP contribution in [0.25, 0.3) is 0 Å². The van der Waals surface area contributed by atoms with Crippen molar-refractivity contribution in [2.75, 3.05) is 0 Å². The summed E-state index contributed by atoms with van der Waals surface area (Å²) in [6.07, 6.45) is 3.88. The van der Waals surface area contributed by atoms with Gasteiger partial charge in [0.2, 0.25) is 0 Å². The summed E-state index contributed by atoms with van der Waals surface area (Å²) < 4.78 is 0. The first-order chi connectivity index (χ1) is 7.59. The van der Waals surface area contributed by atoms with Gasteiger partial charge in [-0.2, -0.15) is 0 Å². The van der Waals surface area contributed by atoms with E-state index in [1.54, 1.807) is 0 Å². The fourth-order valence-corrected chi connectivity index (χ4v) is 2.03. The van der Waals surface area contributed by atoms with Crippen molar-refractivity contribution in [2.45, 2.75) is 46.0 Å². The number of hydrogen-bond acceptors (Lipinski definition) is 0. The molecule has 84 valence electrons. The van der Waals surface area contributed by atoms with Crippen LogP contribution in [-0.2, 0) is 0 Å². The van der Waals surface area contributed by atoms with Gasteiger partial charge in [-0.1, -0.05) is 44.2 Å². The van der Waals surface area contributed by atoms with E-state index in [0.29, 0.717) is 11.3 Å². The first-order valence-corrected chi connectivity index (χ1v) is 6.22. The second kappa shape index (κ2) is 4.34. The normalized spacial score (nSPS) is 17.5. The maximum absolute atomic E-state index is 3.43. The van der Waals surface area contributed by atoms with E-state index in [9.17, 15) is 0 Å². The molecular weight excluding hydrogens is 192 g/mol. The monoisotopic (exact) mass is 212 g/mol. The molecule has 1 aromatic rings. The van der Waals surface area contributed by atoms with Crippen LogP contribution in [0.1, 0.15) is 57.1 Å². The molecule has 1 aliphatic rings. The smallest absolute Gasteiger partial charge is 0.0290 e. The lowest BCUT2D eigenvalue weighted by Crippen LogP contribution is -2.22. The summed E-state index contributed by atoms with van der Waals surface area (Å²) in [6, 6.07) is 8.63. The van der Waals surface area contributed by atoms with Crippen LogP contribution in [-0.4, -0.2) is 0 Å². The summed E-state index contributed by atoms with van der Waals surface area (Å²) in [6.45, 7) is 6.72. The fourth-order valence-electron chi connectivity index (χ4n) is 2.03. The highest BCUT2D eigenvalue weighted by Crippen LogP contribution is 2.39. The van der Waals surface area contributed by atoms with Crippen molar-refractivity contribution >= 4 is 0 Å². The van der Waals surface area contributed by atoms with Crippen LogP contribution in [0.2, 0.25) is 0 Å². The lowest BCUT2D eigenvalue weighted by atomic mass is 9.71. The molecule has 1 saturated carbocycles. The van der Waals surface area contributed by atoms with Crippen LogP contribution in [0, 0.1) is 17.3 Å². The van der Waals surface area contributed by atoms with Crippen molar-refractivity contribution in [1.82, 2.24) is 0 Å². The van der Waals surface area contributed by atoms with E-state index in [1.807, 2.05) is 0 Å². The molecule has 0 unspecified atom stereocenters. The topological polar surface area (TPSA) is 0 Å². The van der Waals surface area contributed by atoms with E-state index < -0.39 is 0 Å². The van der Waals surface area contributed by atoms with Gasteiger partial charge in [0.15, 0.2) is 0 Å². The zero-order valence-electron chi connectivity index (χ0n) is 10.5. The number of rotatable bonds is 1. The Bertz CT molecular complexity index is 425. The Morgan fingerprint density at radius 2 is 2.00 bits per heavy atom. The third-order valence-electron chi connectivity index (χ3n) is 3.52. The lowest BCUT2D eigenvalue weighted by molar-refractivity contribution is 0.248. The molecule has 0 radical (unpaired) electrons. The minimum Gasteiger partial charge on any atom is -0.0914 e. The Labute approximate surface area is 99.1 Å². The van der Waals surface area contributed by atoms with Crippen molar-refractivity contribution < 1.29 is 0 Å². The molecule has 0 N–H and O–H groups in total. The third-order valence-corrected chi connectivity index (χ3v) is 3.52. The van der Waals surface area contributed by atoms with Crippen LogP contribution >= 0.6 is 0 Å². The first kappa shape index (κ1) is 11.3. The SMILES string of the molecule is CC(C)c1cccc(C#CC2(C)CCC2)c1. The van der Waals surface area contributed by atoms with Crippen LogP contribution in [0.15, 0.2) is 24.3 Å². The average Bonchev–Trinajstić information content (AvgIpc) is 2.24. The molecular formula is C16H20. The van der Waals surface area contributed by atoms with Crippen LogP contribution in [0.3, 0.4) is 0 Å². The molecule has 0 aliphatic heterocycles. The van der Waals surface area contributed by atoms with Gasteiger partial charge in [0, 0.05) is 11.0 Å². The molecule has 0 bridgehead atoms. The van der Waals surface area contributed by atoms with Gasteiger partial charge in [0.05, 0.1) is 0 Å². The van der Waals surface area contributed by atoms with Gasteiger partial charge in [-0.25, -0.2) is 0 Å².